The van der Waals surface area contributed by atoms with Gasteiger partial charge in [0.2, 0.25) is 0 Å². The number of imidazole rings is 1. The molecule has 0 aliphatic heterocycles. The van der Waals surface area contributed by atoms with Crippen LogP contribution in [-0.2, 0) is 13.5 Å². The quantitative estimate of drug-likeness (QED) is 0.657. The van der Waals surface area contributed by atoms with Gasteiger partial charge in [-0.1, -0.05) is 30.3 Å². The van der Waals surface area contributed by atoms with E-state index in [2.05, 4.69) is 4.98 Å². The van der Waals surface area contributed by atoms with Crippen molar-refractivity contribution in [1.82, 2.24) is 9.55 Å². The molecule has 1 aromatic carbocycles. The highest BCUT2D eigenvalue weighted by molar-refractivity contribution is 5.22. The Hall–Kier alpha value is -2.21. The number of nitro groups is 1. The summed E-state index contributed by atoms with van der Waals surface area (Å²) in [6, 6.07) is 9.14. The number of benzene rings is 1. The van der Waals surface area contributed by atoms with Gasteiger partial charge in [-0.2, -0.15) is 0 Å². The molecule has 0 fully saturated rings. The highest BCUT2D eigenvalue weighted by Crippen LogP contribution is 2.19. The molecule has 2 rings (SSSR count). The van der Waals surface area contributed by atoms with Crippen molar-refractivity contribution in [3.05, 3.63) is 58.0 Å². The van der Waals surface area contributed by atoms with Crippen molar-refractivity contribution in [3.8, 4) is 0 Å². The third-order valence-electron chi connectivity index (χ3n) is 2.81. The number of aliphatic hydroxyl groups is 1. The maximum atomic E-state index is 10.7. The zero-order valence-corrected chi connectivity index (χ0v) is 9.85. The summed E-state index contributed by atoms with van der Waals surface area (Å²) in [5.41, 5.74) is 0.767. The molecule has 0 spiro atoms. The Morgan fingerprint density at radius 1 is 1.44 bits per heavy atom. The lowest BCUT2D eigenvalue weighted by atomic mass is 10.1. The molecule has 0 unspecified atom stereocenters. The lowest BCUT2D eigenvalue weighted by molar-refractivity contribution is -0.391. The van der Waals surface area contributed by atoms with Crippen molar-refractivity contribution in [1.29, 1.82) is 0 Å². The van der Waals surface area contributed by atoms with Crippen LogP contribution >= 0.6 is 0 Å². The van der Waals surface area contributed by atoms with Crippen LogP contribution < -0.4 is 0 Å². The van der Waals surface area contributed by atoms with Gasteiger partial charge < -0.3 is 15.2 Å². The molecule has 0 aliphatic rings. The molecule has 6 nitrogen and oxygen atoms in total. The van der Waals surface area contributed by atoms with Crippen LogP contribution in [0.2, 0.25) is 0 Å². The molecule has 0 radical (unpaired) electrons. The fraction of sp³-hybridized carbons (Fsp3) is 0.250. The van der Waals surface area contributed by atoms with Crippen LogP contribution in [-0.4, -0.2) is 19.6 Å². The molecule has 0 amide bonds. The number of aliphatic hydroxyl groups excluding tert-OH is 1. The lowest BCUT2D eigenvalue weighted by Gasteiger charge is -2.08. The molecule has 0 saturated carbocycles. The average molecular weight is 247 g/mol. The van der Waals surface area contributed by atoms with Crippen LogP contribution in [0.3, 0.4) is 0 Å². The second-order valence-corrected chi connectivity index (χ2v) is 3.98. The molecular weight excluding hydrogens is 234 g/mol. The van der Waals surface area contributed by atoms with Crippen LogP contribution in [0.1, 0.15) is 17.5 Å². The molecule has 0 bridgehead atoms. The first-order valence-electron chi connectivity index (χ1n) is 5.47. The molecule has 1 aromatic heterocycles. The number of nitrogens with zero attached hydrogens (tertiary/aromatic N) is 3. The van der Waals surface area contributed by atoms with Gasteiger partial charge in [0.25, 0.3) is 0 Å². The zero-order valence-electron chi connectivity index (χ0n) is 9.85. The van der Waals surface area contributed by atoms with Gasteiger partial charge in [-0.25, -0.2) is 9.55 Å². The minimum Gasteiger partial charge on any atom is -0.388 e. The first-order valence-corrected chi connectivity index (χ1v) is 5.47. The molecule has 2 aromatic rings. The lowest BCUT2D eigenvalue weighted by Crippen LogP contribution is -2.08. The van der Waals surface area contributed by atoms with Gasteiger partial charge >= 0.3 is 5.82 Å². The Morgan fingerprint density at radius 3 is 2.67 bits per heavy atom. The third-order valence-corrected chi connectivity index (χ3v) is 2.81. The van der Waals surface area contributed by atoms with Gasteiger partial charge in [0.05, 0.1) is 19.6 Å². The van der Waals surface area contributed by atoms with Gasteiger partial charge in [-0.15, -0.1) is 0 Å². The van der Waals surface area contributed by atoms with Crippen molar-refractivity contribution >= 4 is 5.82 Å². The van der Waals surface area contributed by atoms with Gasteiger partial charge in [0.1, 0.15) is 6.20 Å². The normalized spacial score (nSPS) is 12.3. The first-order chi connectivity index (χ1) is 8.59. The van der Waals surface area contributed by atoms with Gasteiger partial charge in [-0.3, -0.25) is 0 Å². The van der Waals surface area contributed by atoms with E-state index in [4.69, 9.17) is 0 Å². The third kappa shape index (κ3) is 2.38. The first kappa shape index (κ1) is 12.3. The Bertz CT molecular complexity index is 551. The van der Waals surface area contributed by atoms with Crippen molar-refractivity contribution in [2.75, 3.05) is 0 Å². The summed E-state index contributed by atoms with van der Waals surface area (Å²) in [5, 5.41) is 20.7. The highest BCUT2D eigenvalue weighted by atomic mass is 16.6. The summed E-state index contributed by atoms with van der Waals surface area (Å²) in [6.07, 6.45) is 0.730. The van der Waals surface area contributed by atoms with E-state index in [0.717, 1.165) is 5.56 Å². The second kappa shape index (κ2) is 4.97. The van der Waals surface area contributed by atoms with E-state index in [1.165, 1.54) is 10.8 Å². The Kier molecular flexibility index (Phi) is 3.38. The van der Waals surface area contributed by atoms with Crippen molar-refractivity contribution in [2.45, 2.75) is 12.5 Å². The van der Waals surface area contributed by atoms with E-state index in [-0.39, 0.29) is 12.2 Å². The van der Waals surface area contributed by atoms with Crippen LogP contribution in [0.15, 0.2) is 36.5 Å². The number of hydrogen-bond acceptors (Lipinski definition) is 4. The Labute approximate surface area is 104 Å². The highest BCUT2D eigenvalue weighted by Gasteiger charge is 2.19. The van der Waals surface area contributed by atoms with Crippen molar-refractivity contribution in [3.63, 3.8) is 0 Å². The van der Waals surface area contributed by atoms with E-state index in [0.29, 0.717) is 5.82 Å². The second-order valence-electron chi connectivity index (χ2n) is 3.98. The van der Waals surface area contributed by atoms with E-state index >= 15 is 0 Å². The topological polar surface area (TPSA) is 81.2 Å². The largest absolute Gasteiger partial charge is 0.388 e. The Balaban J connectivity index is 2.17. The molecule has 1 N–H and O–H groups in total. The van der Waals surface area contributed by atoms with E-state index in [1.807, 2.05) is 30.3 Å². The molecule has 18 heavy (non-hydrogen) atoms. The minimum atomic E-state index is -0.716. The van der Waals surface area contributed by atoms with Crippen LogP contribution in [0.4, 0.5) is 5.82 Å². The molecule has 6 heteroatoms. The predicted octanol–water partition coefficient (Wildman–Crippen LogP) is 1.60. The fourth-order valence-electron chi connectivity index (χ4n) is 1.76. The SMILES string of the molecule is Cn1c([N+](=O)[O-])cnc1C[C@H](O)c1ccccc1. The number of rotatable bonds is 4. The van der Waals surface area contributed by atoms with Gasteiger partial charge in [0, 0.05) is 0 Å². The molecule has 1 heterocycles. The van der Waals surface area contributed by atoms with E-state index in [9.17, 15) is 15.2 Å². The monoisotopic (exact) mass is 247 g/mol. The predicted molar refractivity (Wildman–Crippen MR) is 65.0 cm³/mol. The number of hydrogen-bond donors (Lipinski definition) is 1. The van der Waals surface area contributed by atoms with E-state index in [1.54, 1.807) is 7.05 Å². The van der Waals surface area contributed by atoms with Crippen LogP contribution in [0, 0.1) is 10.1 Å². The van der Waals surface area contributed by atoms with Crippen molar-refractivity contribution < 1.29 is 10.0 Å². The fourth-order valence-corrected chi connectivity index (χ4v) is 1.76. The van der Waals surface area contributed by atoms with Gasteiger partial charge in [0.15, 0.2) is 5.82 Å². The molecular formula is C12H13N3O3. The van der Waals surface area contributed by atoms with Crippen LogP contribution in [0.5, 0.6) is 0 Å². The summed E-state index contributed by atoms with van der Waals surface area (Å²) in [5.74, 6) is 0.406. The van der Waals surface area contributed by atoms with E-state index < -0.39 is 11.0 Å². The summed E-state index contributed by atoms with van der Waals surface area (Å²) in [6.45, 7) is 0. The summed E-state index contributed by atoms with van der Waals surface area (Å²) >= 11 is 0. The Morgan fingerprint density at radius 2 is 2.11 bits per heavy atom. The molecule has 1 atom stereocenters. The summed E-state index contributed by atoms with van der Waals surface area (Å²) in [4.78, 5) is 14.1. The number of aromatic nitrogens is 2. The standard InChI is InChI=1S/C12H13N3O3/c1-14-11(13-8-12(14)15(17)18)7-10(16)9-5-3-2-4-6-9/h2-6,8,10,16H,7H2,1H3/t10-/m0/s1. The maximum Gasteiger partial charge on any atom is 0.342 e. The average Bonchev–Trinajstić information content (AvgIpc) is 2.72. The summed E-state index contributed by atoms with van der Waals surface area (Å²) < 4.78 is 1.38. The summed E-state index contributed by atoms with van der Waals surface area (Å²) in [7, 11) is 1.57. The minimum absolute atomic E-state index is 0.0785. The molecule has 0 aliphatic carbocycles. The molecule has 94 valence electrons. The smallest absolute Gasteiger partial charge is 0.342 e. The van der Waals surface area contributed by atoms with Gasteiger partial charge in [-0.05, 0) is 10.5 Å². The maximum absolute atomic E-state index is 10.7. The van der Waals surface area contributed by atoms with Crippen LogP contribution in [0.25, 0.3) is 0 Å². The zero-order chi connectivity index (χ0) is 13.1. The van der Waals surface area contributed by atoms with Crippen molar-refractivity contribution in [2.24, 2.45) is 7.05 Å². The molecule has 0 saturated heterocycles.